The van der Waals surface area contributed by atoms with E-state index < -0.39 is 27.3 Å². The van der Waals surface area contributed by atoms with Crippen LogP contribution in [0.3, 0.4) is 0 Å². The Morgan fingerprint density at radius 3 is 2.35 bits per heavy atom. The van der Waals surface area contributed by atoms with Crippen molar-refractivity contribution in [3.8, 4) is 0 Å². The number of sulfonamides is 1. The van der Waals surface area contributed by atoms with Crippen molar-refractivity contribution in [1.82, 2.24) is 9.21 Å². The fourth-order valence-corrected chi connectivity index (χ4v) is 5.31. The lowest BCUT2D eigenvalue weighted by molar-refractivity contribution is -0.138. The molecule has 1 aliphatic carbocycles. The Balaban J connectivity index is 1.57. The number of morpholine rings is 1. The summed E-state index contributed by atoms with van der Waals surface area (Å²) in [5.41, 5.74) is 5.19. The number of nitrogens with zero attached hydrogens (tertiary/aromatic N) is 2. The van der Waals surface area contributed by atoms with Gasteiger partial charge >= 0.3 is 0 Å². The number of hydrogen-bond acceptors (Lipinski definition) is 5. The van der Waals surface area contributed by atoms with Crippen LogP contribution in [0.5, 0.6) is 0 Å². The van der Waals surface area contributed by atoms with Crippen LogP contribution in [0, 0.1) is 5.92 Å². The van der Waals surface area contributed by atoms with Crippen molar-refractivity contribution in [2.24, 2.45) is 11.7 Å². The molecule has 2 aliphatic heterocycles. The van der Waals surface area contributed by atoms with Crippen LogP contribution in [0.2, 0.25) is 0 Å². The summed E-state index contributed by atoms with van der Waals surface area (Å²) in [6.07, 6.45) is 3.09. The maximum atomic E-state index is 12.6. The molecular weight excluding hydrogens is 322 g/mol. The lowest BCUT2D eigenvalue weighted by Crippen LogP contribution is -2.62. The standard InChI is InChI=1S/C14H23N3O5S/c15-13(18)12-9-17(5-6-22-12)23(20,21)11-7-16(8-11)14(19)10-3-1-2-4-10/h10-12H,1-9H2,(H2,15,18). The third kappa shape index (κ3) is 3.22. The molecule has 130 valence electrons. The number of hydrogen-bond donors (Lipinski definition) is 1. The van der Waals surface area contributed by atoms with Crippen molar-refractivity contribution in [3.05, 3.63) is 0 Å². The summed E-state index contributed by atoms with van der Waals surface area (Å²) in [6, 6.07) is 0. The van der Waals surface area contributed by atoms with E-state index in [0.717, 1.165) is 25.7 Å². The van der Waals surface area contributed by atoms with Gasteiger partial charge in [-0.25, -0.2) is 8.42 Å². The van der Waals surface area contributed by atoms with Crippen LogP contribution in [0.4, 0.5) is 0 Å². The van der Waals surface area contributed by atoms with Crippen molar-refractivity contribution in [1.29, 1.82) is 0 Å². The van der Waals surface area contributed by atoms with Gasteiger partial charge in [-0.1, -0.05) is 12.8 Å². The van der Waals surface area contributed by atoms with Gasteiger partial charge in [0.1, 0.15) is 11.4 Å². The van der Waals surface area contributed by atoms with Gasteiger partial charge in [-0.05, 0) is 12.8 Å². The summed E-state index contributed by atoms with van der Waals surface area (Å²) in [4.78, 5) is 25.1. The van der Waals surface area contributed by atoms with E-state index >= 15 is 0 Å². The second kappa shape index (κ2) is 6.37. The van der Waals surface area contributed by atoms with Gasteiger partial charge < -0.3 is 15.4 Å². The molecule has 23 heavy (non-hydrogen) atoms. The minimum atomic E-state index is -3.53. The van der Waals surface area contributed by atoms with Crippen LogP contribution in [-0.2, 0) is 24.3 Å². The van der Waals surface area contributed by atoms with E-state index in [2.05, 4.69) is 0 Å². The van der Waals surface area contributed by atoms with E-state index in [4.69, 9.17) is 10.5 Å². The minimum absolute atomic E-state index is 0.0370. The molecule has 0 bridgehead atoms. The van der Waals surface area contributed by atoms with E-state index in [1.54, 1.807) is 4.90 Å². The number of carbonyl (C=O) groups is 2. The number of nitrogens with two attached hydrogens (primary N) is 1. The van der Waals surface area contributed by atoms with Crippen molar-refractivity contribution < 1.29 is 22.7 Å². The van der Waals surface area contributed by atoms with Gasteiger partial charge in [-0.3, -0.25) is 9.59 Å². The SMILES string of the molecule is NC(=O)C1CN(S(=O)(=O)C2CN(C(=O)C3CCCC3)C2)CCO1. The highest BCUT2D eigenvalue weighted by Gasteiger charge is 2.45. The molecule has 2 amide bonds. The van der Waals surface area contributed by atoms with Crippen LogP contribution >= 0.6 is 0 Å². The van der Waals surface area contributed by atoms with Gasteiger partial charge in [0.15, 0.2) is 0 Å². The molecule has 9 heteroatoms. The monoisotopic (exact) mass is 345 g/mol. The molecule has 2 heterocycles. The fourth-order valence-electron chi connectivity index (χ4n) is 3.48. The number of rotatable bonds is 4. The van der Waals surface area contributed by atoms with Crippen molar-refractivity contribution in [3.63, 3.8) is 0 Å². The van der Waals surface area contributed by atoms with Gasteiger partial charge in [0.05, 0.1) is 6.61 Å². The van der Waals surface area contributed by atoms with Crippen LogP contribution in [-0.4, -0.2) is 73.6 Å². The van der Waals surface area contributed by atoms with Crippen molar-refractivity contribution >= 4 is 21.8 Å². The molecule has 1 saturated carbocycles. The number of carbonyl (C=O) groups excluding carboxylic acids is 2. The number of primary amides is 1. The quantitative estimate of drug-likeness (QED) is 0.696. The van der Waals surface area contributed by atoms with Crippen molar-refractivity contribution in [2.45, 2.75) is 37.0 Å². The molecule has 0 spiro atoms. The van der Waals surface area contributed by atoms with Gasteiger partial charge in [-0.2, -0.15) is 4.31 Å². The summed E-state index contributed by atoms with van der Waals surface area (Å²) >= 11 is 0. The second-order valence-electron chi connectivity index (χ2n) is 6.51. The zero-order valence-electron chi connectivity index (χ0n) is 13.0. The topological polar surface area (TPSA) is 110 Å². The Morgan fingerprint density at radius 1 is 1.09 bits per heavy atom. The number of likely N-dealkylation sites (tertiary alicyclic amines) is 1. The highest BCUT2D eigenvalue weighted by molar-refractivity contribution is 7.89. The molecule has 0 aromatic heterocycles. The number of amides is 2. The highest BCUT2D eigenvalue weighted by atomic mass is 32.2. The zero-order chi connectivity index (χ0) is 16.6. The molecule has 1 atom stereocenters. The molecule has 3 fully saturated rings. The first-order chi connectivity index (χ1) is 10.9. The largest absolute Gasteiger partial charge is 0.367 e. The van der Waals surface area contributed by atoms with Crippen LogP contribution in [0.25, 0.3) is 0 Å². The lowest BCUT2D eigenvalue weighted by atomic mass is 10.0. The van der Waals surface area contributed by atoms with E-state index in [-0.39, 0.29) is 44.6 Å². The highest BCUT2D eigenvalue weighted by Crippen LogP contribution is 2.30. The molecule has 2 saturated heterocycles. The minimum Gasteiger partial charge on any atom is -0.367 e. The Hall–Kier alpha value is -1.19. The first kappa shape index (κ1) is 16.7. The molecule has 0 aromatic carbocycles. The summed E-state index contributed by atoms with van der Waals surface area (Å²) < 4.78 is 31.7. The fraction of sp³-hybridized carbons (Fsp3) is 0.857. The molecule has 2 N–H and O–H groups in total. The first-order valence-electron chi connectivity index (χ1n) is 8.08. The molecule has 0 radical (unpaired) electrons. The molecule has 0 aromatic rings. The summed E-state index contributed by atoms with van der Waals surface area (Å²) in [7, 11) is -3.53. The summed E-state index contributed by atoms with van der Waals surface area (Å²) in [5, 5.41) is -0.584. The van der Waals surface area contributed by atoms with Crippen LogP contribution < -0.4 is 5.73 Å². The first-order valence-corrected chi connectivity index (χ1v) is 9.58. The molecule has 1 unspecified atom stereocenters. The van der Waals surface area contributed by atoms with Gasteiger partial charge in [-0.15, -0.1) is 0 Å². The second-order valence-corrected chi connectivity index (χ2v) is 8.72. The lowest BCUT2D eigenvalue weighted by Gasteiger charge is -2.43. The van der Waals surface area contributed by atoms with E-state index in [1.807, 2.05) is 0 Å². The summed E-state index contributed by atoms with van der Waals surface area (Å²) in [5.74, 6) is -0.497. The Morgan fingerprint density at radius 2 is 1.74 bits per heavy atom. The molecule has 8 nitrogen and oxygen atoms in total. The van der Waals surface area contributed by atoms with Crippen LogP contribution in [0.1, 0.15) is 25.7 Å². The Bertz CT molecular complexity index is 581. The van der Waals surface area contributed by atoms with Crippen LogP contribution in [0.15, 0.2) is 0 Å². The van der Waals surface area contributed by atoms with Gasteiger partial charge in [0.25, 0.3) is 0 Å². The predicted octanol–water partition coefficient (Wildman–Crippen LogP) is -1.10. The Kier molecular flexibility index (Phi) is 4.61. The molecule has 3 aliphatic rings. The van der Waals surface area contributed by atoms with E-state index in [1.165, 1.54) is 4.31 Å². The van der Waals surface area contributed by atoms with Crippen molar-refractivity contribution in [2.75, 3.05) is 32.8 Å². The maximum absolute atomic E-state index is 12.6. The predicted molar refractivity (Wildman–Crippen MR) is 81.8 cm³/mol. The Labute approximate surface area is 136 Å². The average molecular weight is 345 g/mol. The number of ether oxygens (including phenoxy) is 1. The summed E-state index contributed by atoms with van der Waals surface area (Å²) in [6.45, 7) is 0.834. The van der Waals surface area contributed by atoms with Gasteiger partial charge in [0, 0.05) is 32.1 Å². The third-order valence-corrected chi connectivity index (χ3v) is 7.18. The zero-order valence-corrected chi connectivity index (χ0v) is 13.8. The molecule has 3 rings (SSSR count). The normalized spacial score (nSPS) is 27.8. The van der Waals surface area contributed by atoms with E-state index in [0.29, 0.717) is 0 Å². The third-order valence-electron chi connectivity index (χ3n) is 4.99. The smallest absolute Gasteiger partial charge is 0.247 e. The average Bonchev–Trinajstić information content (AvgIpc) is 2.99. The molecular formula is C14H23N3O5S. The van der Waals surface area contributed by atoms with Gasteiger partial charge in [0.2, 0.25) is 21.8 Å². The maximum Gasteiger partial charge on any atom is 0.247 e. The van der Waals surface area contributed by atoms with E-state index in [9.17, 15) is 18.0 Å².